The van der Waals surface area contributed by atoms with Gasteiger partial charge < -0.3 is 15.4 Å². The standard InChI is InChI=1S/C18H19FN2O3/c1-12(11-24-16-8-4-7-15(19)10-16)21-18(23)14-6-3-5-13(9-14)17(22)20-2/h3-10,12H,11H2,1-2H3,(H,20,22)(H,21,23)/t12-/m1/s1. The van der Waals surface area contributed by atoms with E-state index in [-0.39, 0.29) is 30.3 Å². The predicted molar refractivity (Wildman–Crippen MR) is 88.7 cm³/mol. The molecule has 1 atom stereocenters. The smallest absolute Gasteiger partial charge is 0.251 e. The zero-order chi connectivity index (χ0) is 17.5. The molecule has 0 radical (unpaired) electrons. The van der Waals surface area contributed by atoms with E-state index in [1.54, 1.807) is 37.3 Å². The Morgan fingerprint density at radius 2 is 1.75 bits per heavy atom. The molecule has 0 saturated carbocycles. The molecule has 0 heterocycles. The fraction of sp³-hybridized carbons (Fsp3) is 0.222. The molecule has 2 N–H and O–H groups in total. The van der Waals surface area contributed by atoms with Crippen molar-refractivity contribution in [1.82, 2.24) is 10.6 Å². The Bertz CT molecular complexity index is 734. The maximum Gasteiger partial charge on any atom is 0.251 e. The molecule has 2 aromatic rings. The molecule has 0 aliphatic rings. The number of halogens is 1. The molecule has 0 spiro atoms. The van der Waals surface area contributed by atoms with Crippen molar-refractivity contribution in [2.45, 2.75) is 13.0 Å². The van der Waals surface area contributed by atoms with Gasteiger partial charge in [-0.15, -0.1) is 0 Å². The lowest BCUT2D eigenvalue weighted by Gasteiger charge is -2.15. The fourth-order valence-corrected chi connectivity index (χ4v) is 2.07. The minimum Gasteiger partial charge on any atom is -0.491 e. The molecule has 0 aliphatic carbocycles. The van der Waals surface area contributed by atoms with Gasteiger partial charge in [0.15, 0.2) is 0 Å². The van der Waals surface area contributed by atoms with E-state index in [0.717, 1.165) is 0 Å². The van der Waals surface area contributed by atoms with E-state index in [2.05, 4.69) is 10.6 Å². The number of hydrogen-bond donors (Lipinski definition) is 2. The molecule has 2 amide bonds. The quantitative estimate of drug-likeness (QED) is 0.854. The third-order valence-electron chi connectivity index (χ3n) is 3.29. The summed E-state index contributed by atoms with van der Waals surface area (Å²) in [5.41, 5.74) is 0.794. The van der Waals surface area contributed by atoms with E-state index in [1.165, 1.54) is 25.2 Å². The molecule has 0 aromatic heterocycles. The van der Waals surface area contributed by atoms with Crippen LogP contribution >= 0.6 is 0 Å². The van der Waals surface area contributed by atoms with Crippen LogP contribution in [0.2, 0.25) is 0 Å². The van der Waals surface area contributed by atoms with Crippen molar-refractivity contribution in [3.05, 3.63) is 65.5 Å². The number of nitrogens with one attached hydrogen (secondary N) is 2. The number of carbonyl (C=O) groups excluding carboxylic acids is 2. The molecular weight excluding hydrogens is 311 g/mol. The Hall–Kier alpha value is -2.89. The molecule has 0 aliphatic heterocycles. The van der Waals surface area contributed by atoms with Gasteiger partial charge in [-0.2, -0.15) is 0 Å². The summed E-state index contributed by atoms with van der Waals surface area (Å²) in [6, 6.07) is 11.9. The molecule has 0 saturated heterocycles. The lowest BCUT2D eigenvalue weighted by Crippen LogP contribution is -2.36. The molecule has 2 rings (SSSR count). The molecular formula is C18H19FN2O3. The molecule has 5 nitrogen and oxygen atoms in total. The molecule has 6 heteroatoms. The highest BCUT2D eigenvalue weighted by Gasteiger charge is 2.12. The van der Waals surface area contributed by atoms with E-state index in [9.17, 15) is 14.0 Å². The Kier molecular flexibility index (Phi) is 5.89. The van der Waals surface area contributed by atoms with Crippen LogP contribution in [0.15, 0.2) is 48.5 Å². The highest BCUT2D eigenvalue weighted by Crippen LogP contribution is 2.12. The molecule has 126 valence electrons. The zero-order valence-electron chi connectivity index (χ0n) is 13.5. The molecule has 0 fully saturated rings. The van der Waals surface area contributed by atoms with Crippen LogP contribution in [0.4, 0.5) is 4.39 Å². The summed E-state index contributed by atoms with van der Waals surface area (Å²) in [6.07, 6.45) is 0. The van der Waals surface area contributed by atoms with Crippen LogP contribution in [0, 0.1) is 5.82 Å². The average Bonchev–Trinajstić information content (AvgIpc) is 2.59. The normalized spacial score (nSPS) is 11.5. The molecule has 0 bridgehead atoms. The van der Waals surface area contributed by atoms with Crippen molar-refractivity contribution in [3.8, 4) is 5.75 Å². The Morgan fingerprint density at radius 3 is 2.42 bits per heavy atom. The minimum absolute atomic E-state index is 0.199. The summed E-state index contributed by atoms with van der Waals surface area (Å²) >= 11 is 0. The van der Waals surface area contributed by atoms with E-state index >= 15 is 0 Å². The third-order valence-corrected chi connectivity index (χ3v) is 3.29. The minimum atomic E-state index is -0.379. The van der Waals surface area contributed by atoms with Crippen LogP contribution in [-0.4, -0.2) is 31.5 Å². The van der Waals surface area contributed by atoms with Crippen molar-refractivity contribution in [2.75, 3.05) is 13.7 Å². The Balaban J connectivity index is 1.92. The molecule has 24 heavy (non-hydrogen) atoms. The second kappa shape index (κ2) is 8.10. The summed E-state index contributed by atoms with van der Waals surface area (Å²) in [7, 11) is 1.53. The first-order valence-corrected chi connectivity index (χ1v) is 7.51. The van der Waals surface area contributed by atoms with Gasteiger partial charge in [0.25, 0.3) is 11.8 Å². The number of ether oxygens (including phenoxy) is 1. The van der Waals surface area contributed by atoms with E-state index in [0.29, 0.717) is 16.9 Å². The van der Waals surface area contributed by atoms with E-state index in [1.807, 2.05) is 0 Å². The number of rotatable bonds is 6. The highest BCUT2D eigenvalue weighted by atomic mass is 19.1. The van der Waals surface area contributed by atoms with Crippen LogP contribution < -0.4 is 15.4 Å². The Labute approximate surface area is 139 Å². The summed E-state index contributed by atoms with van der Waals surface area (Å²) < 4.78 is 18.5. The zero-order valence-corrected chi connectivity index (χ0v) is 13.5. The number of amides is 2. The monoisotopic (exact) mass is 330 g/mol. The van der Waals surface area contributed by atoms with Crippen LogP contribution in [-0.2, 0) is 0 Å². The van der Waals surface area contributed by atoms with Crippen LogP contribution in [0.1, 0.15) is 27.6 Å². The average molecular weight is 330 g/mol. The van der Waals surface area contributed by atoms with Gasteiger partial charge >= 0.3 is 0 Å². The van der Waals surface area contributed by atoms with Crippen molar-refractivity contribution >= 4 is 11.8 Å². The highest BCUT2D eigenvalue weighted by molar-refractivity contribution is 5.99. The van der Waals surface area contributed by atoms with Crippen LogP contribution in [0.5, 0.6) is 5.75 Å². The van der Waals surface area contributed by atoms with Crippen LogP contribution in [0.25, 0.3) is 0 Å². The first kappa shape index (κ1) is 17.5. The van der Waals surface area contributed by atoms with Gasteiger partial charge in [-0.25, -0.2) is 4.39 Å². The maximum atomic E-state index is 13.1. The first-order valence-electron chi connectivity index (χ1n) is 7.51. The summed E-state index contributed by atoms with van der Waals surface area (Å²) in [6.45, 7) is 1.98. The van der Waals surface area contributed by atoms with Gasteiger partial charge in [-0.1, -0.05) is 12.1 Å². The van der Waals surface area contributed by atoms with Gasteiger partial charge in [0.2, 0.25) is 0 Å². The topological polar surface area (TPSA) is 67.4 Å². The van der Waals surface area contributed by atoms with Crippen molar-refractivity contribution < 1.29 is 18.7 Å². The number of carbonyl (C=O) groups is 2. The molecule has 2 aromatic carbocycles. The van der Waals surface area contributed by atoms with Crippen molar-refractivity contribution in [3.63, 3.8) is 0 Å². The van der Waals surface area contributed by atoms with Gasteiger partial charge in [-0.3, -0.25) is 9.59 Å². The molecule has 0 unspecified atom stereocenters. The van der Waals surface area contributed by atoms with Gasteiger partial charge in [-0.05, 0) is 37.3 Å². The second-order valence-electron chi connectivity index (χ2n) is 5.30. The largest absolute Gasteiger partial charge is 0.491 e. The van der Waals surface area contributed by atoms with Crippen molar-refractivity contribution in [1.29, 1.82) is 0 Å². The third kappa shape index (κ3) is 4.81. The second-order valence-corrected chi connectivity index (χ2v) is 5.30. The summed E-state index contributed by atoms with van der Waals surface area (Å²) in [4.78, 5) is 23.8. The van der Waals surface area contributed by atoms with Crippen LogP contribution in [0.3, 0.4) is 0 Å². The Morgan fingerprint density at radius 1 is 1.08 bits per heavy atom. The number of hydrogen-bond acceptors (Lipinski definition) is 3. The van der Waals surface area contributed by atoms with Gasteiger partial charge in [0, 0.05) is 24.2 Å². The van der Waals surface area contributed by atoms with Gasteiger partial charge in [0.1, 0.15) is 18.2 Å². The first-order chi connectivity index (χ1) is 11.5. The lowest BCUT2D eigenvalue weighted by atomic mass is 10.1. The maximum absolute atomic E-state index is 13.1. The summed E-state index contributed by atoms with van der Waals surface area (Å²) in [5.74, 6) is -0.545. The SMILES string of the molecule is CNC(=O)c1cccc(C(=O)N[C@H](C)COc2cccc(F)c2)c1. The predicted octanol–water partition coefficient (Wildman–Crippen LogP) is 2.38. The van der Waals surface area contributed by atoms with E-state index < -0.39 is 0 Å². The number of benzene rings is 2. The van der Waals surface area contributed by atoms with Gasteiger partial charge in [0.05, 0.1) is 6.04 Å². The summed E-state index contributed by atoms with van der Waals surface area (Å²) in [5, 5.41) is 5.29. The van der Waals surface area contributed by atoms with E-state index in [4.69, 9.17) is 4.74 Å². The fourth-order valence-electron chi connectivity index (χ4n) is 2.07. The lowest BCUT2D eigenvalue weighted by molar-refractivity contribution is 0.0926. The van der Waals surface area contributed by atoms with Crippen molar-refractivity contribution in [2.24, 2.45) is 0 Å².